The zero-order chi connectivity index (χ0) is 10.6. The van der Waals surface area contributed by atoms with E-state index in [0.717, 1.165) is 0 Å². The third-order valence-electron chi connectivity index (χ3n) is 1.94. The van der Waals surface area contributed by atoms with E-state index in [1.165, 1.54) is 6.33 Å². The molecule has 0 saturated heterocycles. The van der Waals surface area contributed by atoms with Crippen LogP contribution >= 0.6 is 0 Å². The molecule has 0 fully saturated rings. The summed E-state index contributed by atoms with van der Waals surface area (Å²) in [6, 6.07) is 0. The van der Waals surface area contributed by atoms with Gasteiger partial charge in [0.2, 0.25) is 0 Å². The van der Waals surface area contributed by atoms with E-state index < -0.39 is 0 Å². The molecule has 0 aromatic carbocycles. The van der Waals surface area contributed by atoms with Gasteiger partial charge in [-0.1, -0.05) is 0 Å². The van der Waals surface area contributed by atoms with Crippen LogP contribution in [0.4, 0.5) is 17.3 Å². The Morgan fingerprint density at radius 3 is 2.71 bits per heavy atom. The Balaban J connectivity index is 2.97. The number of nitrogens with two attached hydrogens (primary N) is 2. The second-order valence-corrected chi connectivity index (χ2v) is 2.80. The molecular weight excluding hydrogens is 182 g/mol. The number of hydrogen-bond acceptors (Lipinski definition) is 6. The number of nitrogen functional groups attached to an aromatic ring is 2. The Morgan fingerprint density at radius 1 is 1.43 bits per heavy atom. The summed E-state index contributed by atoms with van der Waals surface area (Å²) in [5.41, 5.74) is 11.6. The van der Waals surface area contributed by atoms with Gasteiger partial charge >= 0.3 is 0 Å². The Hall–Kier alpha value is -1.56. The monoisotopic (exact) mass is 197 g/mol. The molecule has 1 aromatic rings. The summed E-state index contributed by atoms with van der Waals surface area (Å²) < 4.78 is 0. The van der Waals surface area contributed by atoms with Crippen molar-refractivity contribution in [1.82, 2.24) is 9.97 Å². The third-order valence-corrected chi connectivity index (χ3v) is 1.94. The quantitative estimate of drug-likeness (QED) is 0.599. The fourth-order valence-electron chi connectivity index (χ4n) is 1.19. The number of aromatic nitrogens is 2. The van der Waals surface area contributed by atoms with Crippen LogP contribution in [-0.4, -0.2) is 34.8 Å². The molecule has 0 saturated carbocycles. The van der Waals surface area contributed by atoms with Crippen LogP contribution in [0.3, 0.4) is 0 Å². The maximum absolute atomic E-state index is 8.83. The van der Waals surface area contributed by atoms with Crippen molar-refractivity contribution in [2.75, 3.05) is 36.1 Å². The number of aliphatic hydroxyl groups excluding tert-OH is 1. The van der Waals surface area contributed by atoms with Gasteiger partial charge in [-0.25, -0.2) is 9.97 Å². The number of hydrogen-bond donors (Lipinski definition) is 3. The molecule has 14 heavy (non-hydrogen) atoms. The SMILES string of the molecule is CCN(CCO)c1ncnc(N)c1N. The van der Waals surface area contributed by atoms with Gasteiger partial charge in [0, 0.05) is 13.1 Å². The van der Waals surface area contributed by atoms with Crippen LogP contribution in [-0.2, 0) is 0 Å². The van der Waals surface area contributed by atoms with Gasteiger partial charge in [0.15, 0.2) is 11.6 Å². The molecule has 0 aliphatic rings. The van der Waals surface area contributed by atoms with Gasteiger partial charge in [-0.05, 0) is 6.92 Å². The lowest BCUT2D eigenvalue weighted by Gasteiger charge is -2.22. The first-order chi connectivity index (χ1) is 6.70. The standard InChI is InChI=1S/C8H15N5O/c1-2-13(3-4-14)8-6(9)7(10)11-5-12-8/h5,14H,2-4,9H2,1H3,(H2,10,11,12). The molecule has 1 rings (SSSR count). The summed E-state index contributed by atoms with van der Waals surface area (Å²) in [7, 11) is 0. The van der Waals surface area contributed by atoms with Gasteiger partial charge in [0.1, 0.15) is 12.0 Å². The van der Waals surface area contributed by atoms with E-state index in [1.807, 2.05) is 11.8 Å². The molecule has 0 aliphatic carbocycles. The van der Waals surface area contributed by atoms with Crippen molar-refractivity contribution < 1.29 is 5.11 Å². The fraction of sp³-hybridized carbons (Fsp3) is 0.500. The summed E-state index contributed by atoms with van der Waals surface area (Å²) in [6.45, 7) is 3.20. The van der Waals surface area contributed by atoms with Crippen molar-refractivity contribution in [2.24, 2.45) is 0 Å². The molecule has 0 amide bonds. The van der Waals surface area contributed by atoms with Crippen molar-refractivity contribution >= 4 is 17.3 Å². The highest BCUT2D eigenvalue weighted by atomic mass is 16.3. The molecule has 5 N–H and O–H groups in total. The topological polar surface area (TPSA) is 101 Å². The Labute approximate surface area is 82.6 Å². The van der Waals surface area contributed by atoms with Crippen LogP contribution in [0.25, 0.3) is 0 Å². The summed E-state index contributed by atoms with van der Waals surface area (Å²) in [5.74, 6) is 0.848. The van der Waals surface area contributed by atoms with Gasteiger partial charge in [-0.3, -0.25) is 0 Å². The fourth-order valence-corrected chi connectivity index (χ4v) is 1.19. The molecule has 0 bridgehead atoms. The predicted molar refractivity (Wildman–Crippen MR) is 55.8 cm³/mol. The van der Waals surface area contributed by atoms with E-state index in [-0.39, 0.29) is 12.4 Å². The molecule has 6 heteroatoms. The molecular formula is C8H15N5O. The maximum atomic E-state index is 8.83. The van der Waals surface area contributed by atoms with Crippen LogP contribution in [0.1, 0.15) is 6.92 Å². The van der Waals surface area contributed by atoms with Gasteiger partial charge in [0.05, 0.1) is 6.61 Å². The van der Waals surface area contributed by atoms with Gasteiger partial charge in [-0.15, -0.1) is 0 Å². The Morgan fingerprint density at radius 2 is 2.14 bits per heavy atom. The van der Waals surface area contributed by atoms with Crippen LogP contribution in [0.5, 0.6) is 0 Å². The average Bonchev–Trinajstić information content (AvgIpc) is 2.19. The number of aliphatic hydroxyl groups is 1. The highest BCUT2D eigenvalue weighted by Gasteiger charge is 2.11. The first-order valence-corrected chi connectivity index (χ1v) is 4.42. The minimum absolute atomic E-state index is 0.0528. The second kappa shape index (κ2) is 4.61. The zero-order valence-corrected chi connectivity index (χ0v) is 8.14. The molecule has 1 heterocycles. The van der Waals surface area contributed by atoms with Crippen molar-refractivity contribution in [1.29, 1.82) is 0 Å². The molecule has 6 nitrogen and oxygen atoms in total. The van der Waals surface area contributed by atoms with Crippen molar-refractivity contribution in [3.05, 3.63) is 6.33 Å². The lowest BCUT2D eigenvalue weighted by Crippen LogP contribution is -2.28. The van der Waals surface area contributed by atoms with Crippen molar-refractivity contribution in [2.45, 2.75) is 6.92 Å². The molecule has 0 unspecified atom stereocenters. The normalized spacial score (nSPS) is 10.1. The van der Waals surface area contributed by atoms with E-state index in [0.29, 0.717) is 24.6 Å². The zero-order valence-electron chi connectivity index (χ0n) is 8.14. The molecule has 0 atom stereocenters. The highest BCUT2D eigenvalue weighted by molar-refractivity contribution is 5.73. The van der Waals surface area contributed by atoms with Gasteiger partial charge < -0.3 is 21.5 Å². The predicted octanol–water partition coefficient (Wildman–Crippen LogP) is -0.540. The van der Waals surface area contributed by atoms with E-state index in [1.54, 1.807) is 0 Å². The largest absolute Gasteiger partial charge is 0.395 e. The minimum Gasteiger partial charge on any atom is -0.395 e. The van der Waals surface area contributed by atoms with Crippen LogP contribution in [0.15, 0.2) is 6.33 Å². The third kappa shape index (κ3) is 2.02. The average molecular weight is 197 g/mol. The van der Waals surface area contributed by atoms with Crippen LogP contribution in [0.2, 0.25) is 0 Å². The lowest BCUT2D eigenvalue weighted by atomic mass is 10.4. The molecule has 0 aliphatic heterocycles. The molecule has 1 aromatic heterocycles. The lowest BCUT2D eigenvalue weighted by molar-refractivity contribution is 0.302. The Bertz CT molecular complexity index is 304. The first kappa shape index (κ1) is 10.5. The molecule has 0 spiro atoms. The van der Waals surface area contributed by atoms with Crippen LogP contribution in [0, 0.1) is 0 Å². The number of nitrogens with zero attached hydrogens (tertiary/aromatic N) is 3. The summed E-state index contributed by atoms with van der Waals surface area (Å²) in [4.78, 5) is 9.64. The second-order valence-electron chi connectivity index (χ2n) is 2.80. The summed E-state index contributed by atoms with van der Waals surface area (Å²) in [6.07, 6.45) is 1.36. The van der Waals surface area contributed by atoms with E-state index in [9.17, 15) is 0 Å². The van der Waals surface area contributed by atoms with Crippen LogP contribution < -0.4 is 16.4 Å². The van der Waals surface area contributed by atoms with Gasteiger partial charge in [-0.2, -0.15) is 0 Å². The maximum Gasteiger partial charge on any atom is 0.157 e. The van der Waals surface area contributed by atoms with Crippen molar-refractivity contribution in [3.63, 3.8) is 0 Å². The Kier molecular flexibility index (Phi) is 3.47. The summed E-state index contributed by atoms with van der Waals surface area (Å²) >= 11 is 0. The van der Waals surface area contributed by atoms with Crippen molar-refractivity contribution in [3.8, 4) is 0 Å². The first-order valence-electron chi connectivity index (χ1n) is 4.42. The minimum atomic E-state index is 0.0528. The van der Waals surface area contributed by atoms with E-state index in [4.69, 9.17) is 16.6 Å². The molecule has 78 valence electrons. The number of anilines is 3. The summed E-state index contributed by atoms with van der Waals surface area (Å²) in [5, 5.41) is 8.83. The van der Waals surface area contributed by atoms with E-state index in [2.05, 4.69) is 9.97 Å². The van der Waals surface area contributed by atoms with E-state index >= 15 is 0 Å². The number of rotatable bonds is 4. The molecule has 0 radical (unpaired) electrons. The smallest absolute Gasteiger partial charge is 0.157 e. The van der Waals surface area contributed by atoms with Gasteiger partial charge in [0.25, 0.3) is 0 Å². The highest BCUT2D eigenvalue weighted by Crippen LogP contribution is 2.22. The number of likely N-dealkylation sites (N-methyl/N-ethyl adjacent to an activating group) is 1.